The Bertz CT molecular complexity index is 443. The summed E-state index contributed by atoms with van der Waals surface area (Å²) in [5.41, 5.74) is -2.20. The minimum atomic E-state index is -4.86. The molecule has 1 aromatic carbocycles. The number of carbonyl (C=O) groups is 1. The summed E-state index contributed by atoms with van der Waals surface area (Å²) in [5.74, 6) is -2.62. The van der Waals surface area contributed by atoms with Gasteiger partial charge in [-0.2, -0.15) is 13.2 Å². The van der Waals surface area contributed by atoms with Crippen LogP contribution in [0.3, 0.4) is 0 Å². The number of amides is 1. The van der Waals surface area contributed by atoms with Gasteiger partial charge < -0.3 is 10.4 Å². The third kappa shape index (κ3) is 3.43. The quantitative estimate of drug-likeness (QED) is 0.821. The van der Waals surface area contributed by atoms with Gasteiger partial charge in [-0.25, -0.2) is 4.39 Å². The van der Waals surface area contributed by atoms with Gasteiger partial charge in [-0.15, -0.1) is 0 Å². The highest BCUT2D eigenvalue weighted by molar-refractivity contribution is 5.94. The maximum atomic E-state index is 13.5. The highest BCUT2D eigenvalue weighted by Gasteiger charge is 2.35. The van der Waals surface area contributed by atoms with Crippen LogP contribution in [0, 0.1) is 5.82 Å². The largest absolute Gasteiger partial charge is 0.419 e. The number of hydrogen-bond donors (Lipinski definition) is 2. The lowest BCUT2D eigenvalue weighted by Gasteiger charge is -2.12. The Kier molecular flexibility index (Phi) is 4.28. The second-order valence-corrected chi connectivity index (χ2v) is 3.72. The van der Waals surface area contributed by atoms with E-state index >= 15 is 0 Å². The van der Waals surface area contributed by atoms with Gasteiger partial charge in [0.1, 0.15) is 5.82 Å². The Labute approximate surface area is 100 Å². The Morgan fingerprint density at radius 3 is 2.56 bits per heavy atom. The first-order chi connectivity index (χ1) is 8.23. The zero-order valence-electron chi connectivity index (χ0n) is 9.38. The molecule has 2 N–H and O–H groups in total. The minimum Gasteiger partial charge on any atom is -0.392 e. The summed E-state index contributed by atoms with van der Waals surface area (Å²) in [5, 5.41) is 11.0. The van der Waals surface area contributed by atoms with Crippen molar-refractivity contribution < 1.29 is 27.5 Å². The predicted molar refractivity (Wildman–Crippen MR) is 55.4 cm³/mol. The van der Waals surface area contributed by atoms with E-state index < -0.39 is 35.1 Å². The van der Waals surface area contributed by atoms with Gasteiger partial charge in [0, 0.05) is 6.54 Å². The first kappa shape index (κ1) is 14.4. The normalized spacial score (nSPS) is 13.2. The summed E-state index contributed by atoms with van der Waals surface area (Å²) in [6.45, 7) is 1.21. The van der Waals surface area contributed by atoms with E-state index in [1.165, 1.54) is 6.92 Å². The van der Waals surface area contributed by atoms with E-state index in [0.29, 0.717) is 6.07 Å². The number of hydrogen-bond acceptors (Lipinski definition) is 2. The van der Waals surface area contributed by atoms with Crippen molar-refractivity contribution in [2.45, 2.75) is 19.2 Å². The van der Waals surface area contributed by atoms with Gasteiger partial charge in [-0.3, -0.25) is 4.79 Å². The van der Waals surface area contributed by atoms with Crippen molar-refractivity contribution >= 4 is 5.91 Å². The summed E-state index contributed by atoms with van der Waals surface area (Å²) < 4.78 is 50.7. The Morgan fingerprint density at radius 1 is 1.44 bits per heavy atom. The van der Waals surface area contributed by atoms with Crippen molar-refractivity contribution in [3.05, 3.63) is 35.1 Å². The Balaban J connectivity index is 3.01. The molecule has 1 aromatic rings. The summed E-state index contributed by atoms with van der Waals surface area (Å²) in [7, 11) is 0. The average Bonchev–Trinajstić information content (AvgIpc) is 2.24. The van der Waals surface area contributed by atoms with Crippen LogP contribution in [0.15, 0.2) is 18.2 Å². The maximum Gasteiger partial charge on any atom is 0.419 e. The van der Waals surface area contributed by atoms with Crippen LogP contribution >= 0.6 is 0 Å². The molecule has 18 heavy (non-hydrogen) atoms. The zero-order valence-corrected chi connectivity index (χ0v) is 9.38. The lowest BCUT2D eigenvalue weighted by Crippen LogP contribution is -2.31. The van der Waals surface area contributed by atoms with Gasteiger partial charge >= 0.3 is 6.18 Å². The van der Waals surface area contributed by atoms with Crippen LogP contribution in [-0.2, 0) is 6.18 Å². The maximum absolute atomic E-state index is 13.5. The van der Waals surface area contributed by atoms with E-state index in [1.807, 2.05) is 0 Å². The number of aliphatic hydroxyl groups is 1. The number of halogens is 4. The van der Waals surface area contributed by atoms with Crippen LogP contribution in [0.4, 0.5) is 17.6 Å². The van der Waals surface area contributed by atoms with Gasteiger partial charge in [0.25, 0.3) is 5.91 Å². The highest BCUT2D eigenvalue weighted by Crippen LogP contribution is 2.32. The first-order valence-electron chi connectivity index (χ1n) is 5.05. The van der Waals surface area contributed by atoms with E-state index in [2.05, 4.69) is 5.32 Å². The lowest BCUT2D eigenvalue weighted by atomic mass is 10.1. The molecule has 3 nitrogen and oxygen atoms in total. The molecule has 1 atom stereocenters. The van der Waals surface area contributed by atoms with Gasteiger partial charge in [0.05, 0.1) is 17.2 Å². The number of alkyl halides is 3. The van der Waals surface area contributed by atoms with Crippen molar-refractivity contribution in [2.24, 2.45) is 0 Å². The molecule has 0 fully saturated rings. The van der Waals surface area contributed by atoms with Crippen LogP contribution in [0.5, 0.6) is 0 Å². The van der Waals surface area contributed by atoms with Crippen LogP contribution in [0.25, 0.3) is 0 Å². The number of nitrogens with one attached hydrogen (secondary N) is 1. The van der Waals surface area contributed by atoms with Crippen molar-refractivity contribution in [1.82, 2.24) is 5.32 Å². The molecule has 0 bridgehead atoms. The third-order valence-corrected chi connectivity index (χ3v) is 2.11. The molecular weight excluding hydrogens is 254 g/mol. The monoisotopic (exact) mass is 265 g/mol. The fourth-order valence-corrected chi connectivity index (χ4v) is 1.26. The van der Waals surface area contributed by atoms with E-state index in [1.54, 1.807) is 0 Å². The number of rotatable bonds is 3. The van der Waals surface area contributed by atoms with Crippen LogP contribution in [0.1, 0.15) is 22.8 Å². The number of carbonyl (C=O) groups excluding carboxylic acids is 1. The second-order valence-electron chi connectivity index (χ2n) is 3.72. The van der Waals surface area contributed by atoms with Gasteiger partial charge in [0.15, 0.2) is 0 Å². The van der Waals surface area contributed by atoms with Crippen LogP contribution in [0.2, 0.25) is 0 Å². The molecule has 0 radical (unpaired) electrons. The molecule has 0 heterocycles. The molecule has 0 saturated heterocycles. The summed E-state index contributed by atoms with van der Waals surface area (Å²) in [4.78, 5) is 11.4. The molecule has 0 saturated carbocycles. The standard InChI is InChI=1S/C11H11F4NO2/c1-6(17)5-16-10(18)7-3-2-4-8(9(7)12)11(13,14)15/h2-4,6,17H,5H2,1H3,(H,16,18). The van der Waals surface area contributed by atoms with Crippen molar-refractivity contribution in [3.63, 3.8) is 0 Å². The molecular formula is C11H11F4NO2. The number of benzene rings is 1. The smallest absolute Gasteiger partial charge is 0.392 e. The van der Waals surface area contributed by atoms with Crippen molar-refractivity contribution in [3.8, 4) is 0 Å². The third-order valence-electron chi connectivity index (χ3n) is 2.11. The van der Waals surface area contributed by atoms with E-state index in [4.69, 9.17) is 5.11 Å². The van der Waals surface area contributed by atoms with Gasteiger partial charge in [0.2, 0.25) is 0 Å². The molecule has 7 heteroatoms. The average molecular weight is 265 g/mol. The minimum absolute atomic E-state index is 0.172. The first-order valence-corrected chi connectivity index (χ1v) is 5.05. The molecule has 100 valence electrons. The second kappa shape index (κ2) is 5.34. The molecule has 0 aliphatic heterocycles. The molecule has 1 amide bonds. The summed E-state index contributed by atoms with van der Waals surface area (Å²) in [6, 6.07) is 2.45. The lowest BCUT2D eigenvalue weighted by molar-refractivity contribution is -0.140. The zero-order chi connectivity index (χ0) is 13.9. The van der Waals surface area contributed by atoms with Gasteiger partial charge in [-0.05, 0) is 19.1 Å². The van der Waals surface area contributed by atoms with E-state index in [0.717, 1.165) is 12.1 Å². The SMILES string of the molecule is CC(O)CNC(=O)c1cccc(C(F)(F)F)c1F. The van der Waals surface area contributed by atoms with Crippen LogP contribution < -0.4 is 5.32 Å². The fourth-order valence-electron chi connectivity index (χ4n) is 1.26. The van der Waals surface area contributed by atoms with Crippen molar-refractivity contribution in [1.29, 1.82) is 0 Å². The highest BCUT2D eigenvalue weighted by atomic mass is 19.4. The Hall–Kier alpha value is -1.63. The molecule has 0 aliphatic rings. The van der Waals surface area contributed by atoms with Crippen molar-refractivity contribution in [2.75, 3.05) is 6.54 Å². The summed E-state index contributed by atoms with van der Waals surface area (Å²) in [6.07, 6.45) is -5.73. The Morgan fingerprint density at radius 2 is 2.06 bits per heavy atom. The molecule has 1 unspecified atom stereocenters. The molecule has 0 aliphatic carbocycles. The van der Waals surface area contributed by atoms with E-state index in [-0.39, 0.29) is 6.54 Å². The fraction of sp³-hybridized carbons (Fsp3) is 0.364. The topological polar surface area (TPSA) is 49.3 Å². The molecule has 0 aromatic heterocycles. The predicted octanol–water partition coefficient (Wildman–Crippen LogP) is 1.96. The number of aliphatic hydroxyl groups excluding tert-OH is 1. The molecule has 1 rings (SSSR count). The van der Waals surface area contributed by atoms with Crippen LogP contribution in [-0.4, -0.2) is 23.7 Å². The summed E-state index contributed by atoms with van der Waals surface area (Å²) >= 11 is 0. The molecule has 0 spiro atoms. The van der Waals surface area contributed by atoms with Gasteiger partial charge in [-0.1, -0.05) is 6.07 Å². The van der Waals surface area contributed by atoms with E-state index in [9.17, 15) is 22.4 Å².